The number of fused-ring (bicyclic) bond motifs is 1. The highest BCUT2D eigenvalue weighted by Crippen LogP contribution is 2.28. The number of aryl methyl sites for hydroxylation is 1. The molecular formula is C21H26N2O3. The first kappa shape index (κ1) is 18.3. The zero-order chi connectivity index (χ0) is 18.5. The van der Waals surface area contributed by atoms with Crippen molar-refractivity contribution in [1.82, 2.24) is 10.3 Å². The van der Waals surface area contributed by atoms with Gasteiger partial charge < -0.3 is 24.9 Å². The van der Waals surface area contributed by atoms with Crippen LogP contribution in [0.3, 0.4) is 0 Å². The number of para-hydroxylation sites is 1. The SMILES string of the molecule is COc1ccc(CCNCC(O)c2c(C)[nH]c3ccccc23)cc1OC. The molecule has 0 saturated carbocycles. The van der Waals surface area contributed by atoms with Crippen molar-refractivity contribution in [2.24, 2.45) is 0 Å². The maximum absolute atomic E-state index is 10.6. The molecule has 3 N–H and O–H groups in total. The molecule has 0 saturated heterocycles. The summed E-state index contributed by atoms with van der Waals surface area (Å²) >= 11 is 0. The van der Waals surface area contributed by atoms with E-state index in [0.717, 1.165) is 52.2 Å². The van der Waals surface area contributed by atoms with Crippen molar-refractivity contribution in [3.05, 3.63) is 59.3 Å². The molecule has 5 heteroatoms. The van der Waals surface area contributed by atoms with Crippen LogP contribution in [-0.4, -0.2) is 37.4 Å². The summed E-state index contributed by atoms with van der Waals surface area (Å²) in [6, 6.07) is 14.0. The lowest BCUT2D eigenvalue weighted by atomic mass is 10.1. The third kappa shape index (κ3) is 3.84. The minimum Gasteiger partial charge on any atom is -0.493 e. The van der Waals surface area contributed by atoms with Gasteiger partial charge in [0.1, 0.15) is 0 Å². The number of H-pyrrole nitrogens is 1. The van der Waals surface area contributed by atoms with E-state index in [9.17, 15) is 5.11 Å². The molecule has 0 aliphatic heterocycles. The third-order valence-electron chi connectivity index (χ3n) is 4.65. The minimum atomic E-state index is -0.545. The fourth-order valence-electron chi connectivity index (χ4n) is 3.34. The van der Waals surface area contributed by atoms with Crippen molar-refractivity contribution in [3.8, 4) is 11.5 Å². The molecule has 3 rings (SSSR count). The molecule has 0 radical (unpaired) electrons. The number of aliphatic hydroxyl groups excluding tert-OH is 1. The van der Waals surface area contributed by atoms with E-state index in [2.05, 4.69) is 10.3 Å². The van der Waals surface area contributed by atoms with Crippen LogP contribution in [-0.2, 0) is 6.42 Å². The van der Waals surface area contributed by atoms with Gasteiger partial charge in [-0.25, -0.2) is 0 Å². The van der Waals surface area contributed by atoms with Crippen molar-refractivity contribution in [2.45, 2.75) is 19.4 Å². The van der Waals surface area contributed by atoms with Gasteiger partial charge in [0, 0.05) is 28.7 Å². The van der Waals surface area contributed by atoms with Gasteiger partial charge in [-0.3, -0.25) is 0 Å². The van der Waals surface area contributed by atoms with Gasteiger partial charge in [-0.1, -0.05) is 24.3 Å². The van der Waals surface area contributed by atoms with Crippen LogP contribution in [0.4, 0.5) is 0 Å². The summed E-state index contributed by atoms with van der Waals surface area (Å²) in [7, 11) is 3.27. The van der Waals surface area contributed by atoms with Crippen LogP contribution in [0.5, 0.6) is 11.5 Å². The van der Waals surface area contributed by atoms with Crippen molar-refractivity contribution in [3.63, 3.8) is 0 Å². The highest BCUT2D eigenvalue weighted by molar-refractivity contribution is 5.84. The van der Waals surface area contributed by atoms with Gasteiger partial charge in [0.15, 0.2) is 11.5 Å². The number of ether oxygens (including phenoxy) is 2. The number of rotatable bonds is 8. The number of aromatic nitrogens is 1. The second-order valence-corrected chi connectivity index (χ2v) is 6.37. The Morgan fingerprint density at radius 1 is 1.08 bits per heavy atom. The lowest BCUT2D eigenvalue weighted by molar-refractivity contribution is 0.176. The molecule has 0 fully saturated rings. The van der Waals surface area contributed by atoms with Crippen LogP contribution in [0, 0.1) is 6.92 Å². The van der Waals surface area contributed by atoms with E-state index in [4.69, 9.17) is 9.47 Å². The summed E-state index contributed by atoms with van der Waals surface area (Å²) in [4.78, 5) is 3.33. The summed E-state index contributed by atoms with van der Waals surface area (Å²) < 4.78 is 10.6. The predicted molar refractivity (Wildman–Crippen MR) is 104 cm³/mol. The summed E-state index contributed by atoms with van der Waals surface area (Å²) in [5, 5.41) is 15.0. The van der Waals surface area contributed by atoms with Crippen molar-refractivity contribution < 1.29 is 14.6 Å². The molecule has 2 aromatic carbocycles. The highest BCUT2D eigenvalue weighted by Gasteiger charge is 2.16. The van der Waals surface area contributed by atoms with Crippen LogP contribution < -0.4 is 14.8 Å². The molecule has 0 aliphatic rings. The van der Waals surface area contributed by atoms with E-state index in [1.165, 1.54) is 0 Å². The fourth-order valence-corrected chi connectivity index (χ4v) is 3.34. The summed E-state index contributed by atoms with van der Waals surface area (Å²) in [6.45, 7) is 3.28. The molecule has 5 nitrogen and oxygen atoms in total. The zero-order valence-corrected chi connectivity index (χ0v) is 15.5. The molecule has 1 atom stereocenters. The second-order valence-electron chi connectivity index (χ2n) is 6.37. The molecular weight excluding hydrogens is 328 g/mol. The number of nitrogens with one attached hydrogen (secondary N) is 2. The number of benzene rings is 2. The highest BCUT2D eigenvalue weighted by atomic mass is 16.5. The van der Waals surface area contributed by atoms with Gasteiger partial charge in [-0.05, 0) is 43.7 Å². The Morgan fingerprint density at radius 3 is 2.62 bits per heavy atom. The van der Waals surface area contributed by atoms with E-state index in [1.807, 2.05) is 49.4 Å². The Balaban J connectivity index is 1.57. The molecule has 1 unspecified atom stereocenters. The van der Waals surface area contributed by atoms with Gasteiger partial charge in [0.05, 0.1) is 20.3 Å². The third-order valence-corrected chi connectivity index (χ3v) is 4.65. The topological polar surface area (TPSA) is 66.5 Å². The van der Waals surface area contributed by atoms with E-state index in [0.29, 0.717) is 6.54 Å². The molecule has 3 aromatic rings. The molecule has 0 spiro atoms. The zero-order valence-electron chi connectivity index (χ0n) is 15.5. The Bertz CT molecular complexity index is 873. The van der Waals surface area contributed by atoms with Crippen molar-refractivity contribution in [1.29, 1.82) is 0 Å². The van der Waals surface area contributed by atoms with Crippen molar-refractivity contribution in [2.75, 3.05) is 27.3 Å². The molecule has 26 heavy (non-hydrogen) atoms. The first-order valence-electron chi connectivity index (χ1n) is 8.81. The standard InChI is InChI=1S/C21H26N2O3/c1-14-21(16-6-4-5-7-17(16)23-14)18(24)13-22-11-10-15-8-9-19(25-2)20(12-15)26-3/h4-9,12,18,22-24H,10-11,13H2,1-3H3. The molecule has 138 valence electrons. The molecule has 0 amide bonds. The van der Waals surface area contributed by atoms with E-state index in [1.54, 1.807) is 14.2 Å². The monoisotopic (exact) mass is 354 g/mol. The van der Waals surface area contributed by atoms with Crippen LogP contribution in [0.2, 0.25) is 0 Å². The normalized spacial score (nSPS) is 12.3. The van der Waals surface area contributed by atoms with Gasteiger partial charge >= 0.3 is 0 Å². The summed E-state index contributed by atoms with van der Waals surface area (Å²) in [5.74, 6) is 1.47. The van der Waals surface area contributed by atoms with Crippen LogP contribution in [0.15, 0.2) is 42.5 Å². The van der Waals surface area contributed by atoms with Crippen LogP contribution in [0.1, 0.15) is 22.9 Å². The van der Waals surface area contributed by atoms with E-state index < -0.39 is 6.10 Å². The lowest BCUT2D eigenvalue weighted by Crippen LogP contribution is -2.24. The molecule has 0 bridgehead atoms. The molecule has 1 heterocycles. The van der Waals surface area contributed by atoms with Gasteiger partial charge in [0.25, 0.3) is 0 Å². The van der Waals surface area contributed by atoms with E-state index in [-0.39, 0.29) is 0 Å². The average Bonchev–Trinajstić information content (AvgIpc) is 3.00. The predicted octanol–water partition coefficient (Wildman–Crippen LogP) is 3.36. The second kappa shape index (κ2) is 8.25. The Hall–Kier alpha value is -2.50. The first-order chi connectivity index (χ1) is 12.6. The number of hydrogen-bond acceptors (Lipinski definition) is 4. The van der Waals surface area contributed by atoms with Gasteiger partial charge in [0.2, 0.25) is 0 Å². The van der Waals surface area contributed by atoms with Gasteiger partial charge in [-0.15, -0.1) is 0 Å². The minimum absolute atomic E-state index is 0.510. The smallest absolute Gasteiger partial charge is 0.160 e. The number of methoxy groups -OCH3 is 2. The van der Waals surface area contributed by atoms with Crippen molar-refractivity contribution >= 4 is 10.9 Å². The Labute approximate surface area is 154 Å². The van der Waals surface area contributed by atoms with Crippen LogP contribution >= 0.6 is 0 Å². The summed E-state index contributed by atoms with van der Waals surface area (Å²) in [6.07, 6.45) is 0.302. The Kier molecular flexibility index (Phi) is 5.81. The van der Waals surface area contributed by atoms with Crippen LogP contribution in [0.25, 0.3) is 10.9 Å². The maximum atomic E-state index is 10.6. The van der Waals surface area contributed by atoms with Gasteiger partial charge in [-0.2, -0.15) is 0 Å². The average molecular weight is 354 g/mol. The summed E-state index contributed by atoms with van der Waals surface area (Å²) in [5.41, 5.74) is 4.21. The Morgan fingerprint density at radius 2 is 1.85 bits per heavy atom. The lowest BCUT2D eigenvalue weighted by Gasteiger charge is -2.13. The number of aromatic amines is 1. The quantitative estimate of drug-likeness (QED) is 0.543. The van der Waals surface area contributed by atoms with E-state index >= 15 is 0 Å². The number of aliphatic hydroxyl groups is 1. The molecule has 1 aromatic heterocycles. The maximum Gasteiger partial charge on any atom is 0.160 e. The largest absolute Gasteiger partial charge is 0.493 e. The fraction of sp³-hybridized carbons (Fsp3) is 0.333. The number of hydrogen-bond donors (Lipinski definition) is 3. The first-order valence-corrected chi connectivity index (χ1v) is 8.81. The molecule has 0 aliphatic carbocycles.